The van der Waals surface area contributed by atoms with Crippen molar-refractivity contribution in [3.05, 3.63) is 74.5 Å². The Morgan fingerprint density at radius 1 is 1.23 bits per heavy atom. The van der Waals surface area contributed by atoms with E-state index in [1.807, 2.05) is 32.0 Å². The van der Waals surface area contributed by atoms with Gasteiger partial charge >= 0.3 is 0 Å². The molecule has 0 aromatic heterocycles. The molecule has 2 heterocycles. The highest BCUT2D eigenvalue weighted by Gasteiger charge is 2.44. The van der Waals surface area contributed by atoms with Crippen molar-refractivity contribution in [1.29, 1.82) is 0 Å². The van der Waals surface area contributed by atoms with Crippen LogP contribution in [-0.4, -0.2) is 40.6 Å². The van der Waals surface area contributed by atoms with Crippen molar-refractivity contribution in [3.8, 4) is 5.75 Å². The summed E-state index contributed by atoms with van der Waals surface area (Å²) in [6.07, 6.45) is 0. The Balaban J connectivity index is 2.03. The number of nitro groups is 1. The minimum Gasteiger partial charge on any atom is -0.481 e. The maximum Gasteiger partial charge on any atom is 0.273 e. The van der Waals surface area contributed by atoms with Gasteiger partial charge in [-0.25, -0.2) is 0 Å². The lowest BCUT2D eigenvalue weighted by Gasteiger charge is -2.42. The lowest BCUT2D eigenvalue weighted by Crippen LogP contribution is -2.44. The molecule has 0 spiro atoms. The molecule has 0 aliphatic carbocycles. The Kier molecular flexibility index (Phi) is 4.54. The fourth-order valence-electron chi connectivity index (χ4n) is 4.30. The summed E-state index contributed by atoms with van der Waals surface area (Å²) in [5.74, 6) is 0.340. The molecular formula is C22H23N3O5. The molecule has 0 saturated heterocycles. The van der Waals surface area contributed by atoms with Crippen molar-refractivity contribution in [1.82, 2.24) is 9.96 Å². The molecule has 2 aliphatic heterocycles. The fraction of sp³-hybridized carbons (Fsp3) is 0.318. The van der Waals surface area contributed by atoms with E-state index < -0.39 is 10.5 Å². The number of carbonyl (C=O) groups is 1. The van der Waals surface area contributed by atoms with Crippen LogP contribution in [0.1, 0.15) is 40.9 Å². The zero-order valence-corrected chi connectivity index (χ0v) is 17.6. The highest BCUT2D eigenvalue weighted by molar-refractivity contribution is 6.04. The third-order valence-electron chi connectivity index (χ3n) is 5.67. The normalized spacial score (nSPS) is 16.8. The largest absolute Gasteiger partial charge is 0.481 e. The van der Waals surface area contributed by atoms with Gasteiger partial charge in [0, 0.05) is 24.2 Å². The van der Waals surface area contributed by atoms with E-state index >= 15 is 0 Å². The first-order valence-corrected chi connectivity index (χ1v) is 9.57. The second kappa shape index (κ2) is 6.84. The van der Waals surface area contributed by atoms with E-state index in [9.17, 15) is 14.9 Å². The number of benzene rings is 2. The summed E-state index contributed by atoms with van der Waals surface area (Å²) in [7, 11) is 3.25. The van der Waals surface area contributed by atoms with Gasteiger partial charge < -0.3 is 9.64 Å². The average molecular weight is 409 g/mol. The van der Waals surface area contributed by atoms with E-state index in [4.69, 9.17) is 9.57 Å². The van der Waals surface area contributed by atoms with E-state index in [0.29, 0.717) is 40.4 Å². The smallest absolute Gasteiger partial charge is 0.273 e. The quantitative estimate of drug-likeness (QED) is 0.563. The van der Waals surface area contributed by atoms with Crippen LogP contribution >= 0.6 is 0 Å². The number of hydrogen-bond donors (Lipinski definition) is 0. The highest BCUT2D eigenvalue weighted by Crippen LogP contribution is 2.48. The zero-order chi connectivity index (χ0) is 21.8. The van der Waals surface area contributed by atoms with Crippen LogP contribution in [0.25, 0.3) is 5.70 Å². The number of hydrogen-bond acceptors (Lipinski definition) is 6. The number of rotatable bonds is 4. The Morgan fingerprint density at radius 3 is 2.57 bits per heavy atom. The first-order valence-electron chi connectivity index (χ1n) is 9.57. The van der Waals surface area contributed by atoms with Gasteiger partial charge in [-0.1, -0.05) is 18.2 Å². The van der Waals surface area contributed by atoms with Gasteiger partial charge in [0.1, 0.15) is 17.0 Å². The van der Waals surface area contributed by atoms with Crippen molar-refractivity contribution < 1.29 is 19.3 Å². The van der Waals surface area contributed by atoms with Crippen molar-refractivity contribution in [2.24, 2.45) is 0 Å². The topological polar surface area (TPSA) is 85.2 Å². The molecule has 2 aromatic carbocycles. The number of hydroxylamine groups is 2. The van der Waals surface area contributed by atoms with Crippen LogP contribution in [0.2, 0.25) is 0 Å². The van der Waals surface area contributed by atoms with Crippen molar-refractivity contribution in [2.75, 3.05) is 14.2 Å². The Hall–Kier alpha value is -3.39. The minimum absolute atomic E-state index is 0.0295. The molecule has 30 heavy (non-hydrogen) atoms. The predicted octanol–water partition coefficient (Wildman–Crippen LogP) is 3.89. The van der Waals surface area contributed by atoms with E-state index in [0.717, 1.165) is 5.56 Å². The van der Waals surface area contributed by atoms with Crippen LogP contribution in [-0.2, 0) is 11.4 Å². The third kappa shape index (κ3) is 2.83. The Morgan fingerprint density at radius 2 is 1.93 bits per heavy atom. The van der Waals surface area contributed by atoms with Crippen molar-refractivity contribution in [3.63, 3.8) is 0 Å². The molecule has 1 amide bonds. The monoisotopic (exact) mass is 409 g/mol. The van der Waals surface area contributed by atoms with Gasteiger partial charge in [0.15, 0.2) is 0 Å². The van der Waals surface area contributed by atoms with Gasteiger partial charge in [0.05, 0.1) is 29.8 Å². The summed E-state index contributed by atoms with van der Waals surface area (Å²) in [6.45, 7) is 5.80. The highest BCUT2D eigenvalue weighted by atomic mass is 16.7. The Labute approximate surface area is 174 Å². The van der Waals surface area contributed by atoms with E-state index in [2.05, 4.69) is 0 Å². The first kappa shape index (κ1) is 19.9. The van der Waals surface area contributed by atoms with Crippen LogP contribution < -0.4 is 4.74 Å². The summed E-state index contributed by atoms with van der Waals surface area (Å²) in [4.78, 5) is 31.7. The molecule has 8 nitrogen and oxygen atoms in total. The number of amides is 1. The summed E-state index contributed by atoms with van der Waals surface area (Å²) >= 11 is 0. The fourth-order valence-corrected chi connectivity index (χ4v) is 4.30. The third-order valence-corrected chi connectivity index (χ3v) is 5.67. The number of nitro benzene ring substituents is 1. The lowest BCUT2D eigenvalue weighted by atomic mass is 9.90. The molecule has 0 N–H and O–H groups in total. The number of nitrogens with zero attached hydrogens (tertiary/aromatic N) is 3. The van der Waals surface area contributed by atoms with E-state index in [1.54, 1.807) is 36.1 Å². The van der Waals surface area contributed by atoms with Gasteiger partial charge in [-0.3, -0.25) is 24.8 Å². The number of likely N-dealkylation sites (N-methyl/N-ethyl adjacent to an activating group) is 1. The summed E-state index contributed by atoms with van der Waals surface area (Å²) in [5.41, 5.74) is 2.80. The molecule has 2 aliphatic rings. The molecule has 0 saturated carbocycles. The summed E-state index contributed by atoms with van der Waals surface area (Å²) in [5, 5.41) is 13.2. The molecule has 156 valence electrons. The van der Waals surface area contributed by atoms with Gasteiger partial charge in [-0.2, -0.15) is 0 Å². The predicted molar refractivity (Wildman–Crippen MR) is 111 cm³/mol. The lowest BCUT2D eigenvalue weighted by molar-refractivity contribution is -0.385. The molecule has 0 bridgehead atoms. The molecule has 4 rings (SSSR count). The number of ether oxygens (including phenoxy) is 1. The molecule has 2 aromatic rings. The van der Waals surface area contributed by atoms with Gasteiger partial charge in [0.2, 0.25) is 0 Å². The van der Waals surface area contributed by atoms with E-state index in [1.165, 1.54) is 13.2 Å². The second-order valence-electron chi connectivity index (χ2n) is 7.88. The SMILES string of the molecule is CON(C)C1=C(N2Cc3ccccc3C2=O)c2c(ccc([N+](=O)[O-])c2C)OC1(C)C. The number of carbonyl (C=O) groups excluding carboxylic acids is 1. The standard InChI is InChI=1S/C22H23N3O5/c1-13-16(25(27)28)10-11-17-18(13)19(20(23(4)29-5)22(2,3)30-17)24-12-14-8-6-7-9-15(14)21(24)26/h6-11H,12H2,1-5H3. The second-order valence-corrected chi connectivity index (χ2v) is 7.88. The van der Waals surface area contributed by atoms with Crippen molar-refractivity contribution in [2.45, 2.75) is 32.9 Å². The average Bonchev–Trinajstić information content (AvgIpc) is 3.02. The zero-order valence-electron chi connectivity index (χ0n) is 17.6. The van der Waals surface area contributed by atoms with Crippen LogP contribution in [0.5, 0.6) is 5.75 Å². The summed E-state index contributed by atoms with van der Waals surface area (Å²) < 4.78 is 6.23. The molecule has 0 fully saturated rings. The summed E-state index contributed by atoms with van der Waals surface area (Å²) in [6, 6.07) is 10.5. The van der Waals surface area contributed by atoms with Crippen LogP contribution in [0.3, 0.4) is 0 Å². The van der Waals surface area contributed by atoms with Gasteiger partial charge in [-0.15, -0.1) is 0 Å². The van der Waals surface area contributed by atoms with Crippen LogP contribution in [0, 0.1) is 17.0 Å². The molecule has 0 unspecified atom stereocenters. The van der Waals surface area contributed by atoms with Crippen LogP contribution in [0.4, 0.5) is 5.69 Å². The number of fused-ring (bicyclic) bond motifs is 2. The first-order chi connectivity index (χ1) is 14.2. The maximum absolute atomic E-state index is 13.4. The molecule has 8 heteroatoms. The Bertz CT molecular complexity index is 1110. The molecule has 0 radical (unpaired) electrons. The van der Waals surface area contributed by atoms with Crippen LogP contribution in [0.15, 0.2) is 42.1 Å². The minimum atomic E-state index is -0.843. The molecule has 0 atom stereocenters. The molecular weight excluding hydrogens is 386 g/mol. The van der Waals surface area contributed by atoms with Crippen molar-refractivity contribution >= 4 is 17.3 Å². The van der Waals surface area contributed by atoms with Gasteiger partial charge in [0.25, 0.3) is 11.6 Å². The maximum atomic E-state index is 13.4. The van der Waals surface area contributed by atoms with E-state index in [-0.39, 0.29) is 11.6 Å². The van der Waals surface area contributed by atoms with Gasteiger partial charge in [-0.05, 0) is 38.5 Å².